The van der Waals surface area contributed by atoms with Gasteiger partial charge in [-0.1, -0.05) is 13.3 Å². The second kappa shape index (κ2) is 5.56. The van der Waals surface area contributed by atoms with E-state index in [-0.39, 0.29) is 5.91 Å². The molecule has 0 bridgehead atoms. The number of rotatable bonds is 5. The molecule has 15 heavy (non-hydrogen) atoms. The van der Waals surface area contributed by atoms with E-state index in [1.807, 2.05) is 13.0 Å². The van der Waals surface area contributed by atoms with E-state index in [0.29, 0.717) is 6.54 Å². The van der Waals surface area contributed by atoms with Crippen molar-refractivity contribution in [2.75, 3.05) is 7.05 Å². The highest BCUT2D eigenvalue weighted by molar-refractivity contribution is 5.81. The lowest BCUT2D eigenvalue weighted by Crippen LogP contribution is -2.41. The van der Waals surface area contributed by atoms with E-state index in [1.54, 1.807) is 24.3 Å². The Balaban J connectivity index is 2.46. The quantitative estimate of drug-likeness (QED) is 0.798. The molecule has 1 rings (SSSR count). The molecule has 4 nitrogen and oxygen atoms in total. The summed E-state index contributed by atoms with van der Waals surface area (Å²) in [5, 5.41) is 0. The molecule has 0 aromatic carbocycles. The first-order chi connectivity index (χ1) is 7.15. The number of carbonyl (C=O) groups excluding carboxylic acids is 1. The van der Waals surface area contributed by atoms with Gasteiger partial charge in [-0.2, -0.15) is 0 Å². The number of nitrogens with two attached hydrogens (primary N) is 1. The largest absolute Gasteiger partial charge is 0.467 e. The second-order valence-electron chi connectivity index (χ2n) is 3.67. The van der Waals surface area contributed by atoms with Crippen LogP contribution in [0.1, 0.15) is 25.5 Å². The Morgan fingerprint density at radius 2 is 2.40 bits per heavy atom. The average Bonchev–Trinajstić information content (AvgIpc) is 2.69. The minimum Gasteiger partial charge on any atom is -0.467 e. The third-order valence-electron chi connectivity index (χ3n) is 2.27. The molecule has 0 spiro atoms. The molecule has 84 valence electrons. The zero-order chi connectivity index (χ0) is 11.3. The van der Waals surface area contributed by atoms with Crippen LogP contribution < -0.4 is 5.73 Å². The van der Waals surface area contributed by atoms with Crippen LogP contribution in [0, 0.1) is 0 Å². The van der Waals surface area contributed by atoms with Crippen LogP contribution in [0.25, 0.3) is 0 Å². The van der Waals surface area contributed by atoms with Gasteiger partial charge in [0.2, 0.25) is 5.91 Å². The molecule has 0 aliphatic heterocycles. The number of hydrogen-bond acceptors (Lipinski definition) is 3. The fraction of sp³-hybridized carbons (Fsp3) is 0.545. The lowest BCUT2D eigenvalue weighted by molar-refractivity contribution is -0.132. The summed E-state index contributed by atoms with van der Waals surface area (Å²) in [4.78, 5) is 13.3. The van der Waals surface area contributed by atoms with Crippen LogP contribution in [0.3, 0.4) is 0 Å². The van der Waals surface area contributed by atoms with Crippen molar-refractivity contribution in [3.8, 4) is 0 Å². The number of carbonyl (C=O) groups is 1. The van der Waals surface area contributed by atoms with Crippen molar-refractivity contribution < 1.29 is 9.21 Å². The number of furan rings is 1. The Kier molecular flexibility index (Phi) is 4.37. The minimum absolute atomic E-state index is 0.0340. The van der Waals surface area contributed by atoms with Crippen molar-refractivity contribution in [1.82, 2.24) is 4.90 Å². The van der Waals surface area contributed by atoms with Gasteiger partial charge in [0.25, 0.3) is 0 Å². The van der Waals surface area contributed by atoms with Crippen LogP contribution >= 0.6 is 0 Å². The molecule has 1 aromatic rings. The van der Waals surface area contributed by atoms with Gasteiger partial charge in [-0.25, -0.2) is 0 Å². The summed E-state index contributed by atoms with van der Waals surface area (Å²) in [5.41, 5.74) is 5.74. The van der Waals surface area contributed by atoms with E-state index in [4.69, 9.17) is 10.2 Å². The molecule has 1 amide bonds. The molecule has 0 radical (unpaired) electrons. The molecule has 1 heterocycles. The van der Waals surface area contributed by atoms with Crippen molar-refractivity contribution in [3.05, 3.63) is 24.2 Å². The highest BCUT2D eigenvalue weighted by atomic mass is 16.3. The molecular formula is C11H18N2O2. The maximum absolute atomic E-state index is 11.7. The molecule has 0 fully saturated rings. The Hall–Kier alpha value is -1.29. The number of amides is 1. The summed E-state index contributed by atoms with van der Waals surface area (Å²) in [6.45, 7) is 2.49. The Morgan fingerprint density at radius 3 is 2.93 bits per heavy atom. The highest BCUT2D eigenvalue weighted by Crippen LogP contribution is 2.06. The van der Waals surface area contributed by atoms with Crippen LogP contribution in [-0.4, -0.2) is 23.9 Å². The SMILES string of the molecule is CCCC(N)C(=O)N(C)Cc1ccco1. The maximum Gasteiger partial charge on any atom is 0.239 e. The molecule has 1 atom stereocenters. The van der Waals surface area contributed by atoms with Gasteiger partial charge in [0.1, 0.15) is 5.76 Å². The monoisotopic (exact) mass is 210 g/mol. The number of hydrogen-bond donors (Lipinski definition) is 1. The molecule has 0 aliphatic carbocycles. The van der Waals surface area contributed by atoms with Gasteiger partial charge in [-0.05, 0) is 18.6 Å². The summed E-state index contributed by atoms with van der Waals surface area (Å²) < 4.78 is 5.16. The third-order valence-corrected chi connectivity index (χ3v) is 2.27. The van der Waals surface area contributed by atoms with Crippen LogP contribution in [0.15, 0.2) is 22.8 Å². The van der Waals surface area contributed by atoms with Crippen molar-refractivity contribution in [2.24, 2.45) is 5.73 Å². The van der Waals surface area contributed by atoms with Crippen LogP contribution in [-0.2, 0) is 11.3 Å². The van der Waals surface area contributed by atoms with Crippen LogP contribution in [0.2, 0.25) is 0 Å². The van der Waals surface area contributed by atoms with Crippen molar-refractivity contribution in [1.29, 1.82) is 0 Å². The van der Waals surface area contributed by atoms with Crippen molar-refractivity contribution in [3.63, 3.8) is 0 Å². The number of likely N-dealkylation sites (N-methyl/N-ethyl adjacent to an activating group) is 1. The predicted octanol–water partition coefficient (Wildman–Crippen LogP) is 1.37. The van der Waals surface area contributed by atoms with Gasteiger partial charge < -0.3 is 15.1 Å². The fourth-order valence-electron chi connectivity index (χ4n) is 1.43. The highest BCUT2D eigenvalue weighted by Gasteiger charge is 2.17. The maximum atomic E-state index is 11.7. The molecule has 4 heteroatoms. The summed E-state index contributed by atoms with van der Waals surface area (Å²) in [7, 11) is 1.74. The molecule has 0 saturated carbocycles. The molecular weight excluding hydrogens is 192 g/mol. The topological polar surface area (TPSA) is 59.5 Å². The zero-order valence-electron chi connectivity index (χ0n) is 9.27. The minimum atomic E-state index is -0.394. The fourth-order valence-corrected chi connectivity index (χ4v) is 1.43. The first kappa shape index (κ1) is 11.8. The van der Waals surface area contributed by atoms with Gasteiger partial charge in [0.05, 0.1) is 18.8 Å². The first-order valence-electron chi connectivity index (χ1n) is 5.18. The zero-order valence-corrected chi connectivity index (χ0v) is 9.27. The molecule has 1 unspecified atom stereocenters. The summed E-state index contributed by atoms with van der Waals surface area (Å²) in [6.07, 6.45) is 3.24. The Labute approximate surface area is 90.0 Å². The summed E-state index contributed by atoms with van der Waals surface area (Å²) in [6, 6.07) is 3.25. The Morgan fingerprint density at radius 1 is 1.67 bits per heavy atom. The standard InChI is InChI=1S/C11H18N2O2/c1-3-5-10(12)11(14)13(2)8-9-6-4-7-15-9/h4,6-7,10H,3,5,8,12H2,1-2H3. The average molecular weight is 210 g/mol. The Bertz CT molecular complexity index is 296. The summed E-state index contributed by atoms with van der Waals surface area (Å²) in [5.74, 6) is 0.739. The molecule has 2 N–H and O–H groups in total. The van der Waals surface area contributed by atoms with Gasteiger partial charge in [-0.3, -0.25) is 4.79 Å². The van der Waals surface area contributed by atoms with E-state index in [1.165, 1.54) is 0 Å². The molecule has 0 saturated heterocycles. The molecule has 1 aromatic heterocycles. The van der Waals surface area contributed by atoms with Gasteiger partial charge in [-0.15, -0.1) is 0 Å². The van der Waals surface area contributed by atoms with E-state index < -0.39 is 6.04 Å². The predicted molar refractivity (Wildman–Crippen MR) is 58.1 cm³/mol. The smallest absolute Gasteiger partial charge is 0.239 e. The summed E-state index contributed by atoms with van der Waals surface area (Å²) >= 11 is 0. The van der Waals surface area contributed by atoms with E-state index >= 15 is 0 Å². The second-order valence-corrected chi connectivity index (χ2v) is 3.67. The van der Waals surface area contributed by atoms with E-state index in [9.17, 15) is 4.79 Å². The normalized spacial score (nSPS) is 12.5. The van der Waals surface area contributed by atoms with E-state index in [2.05, 4.69) is 0 Å². The number of nitrogens with zero attached hydrogens (tertiary/aromatic N) is 1. The van der Waals surface area contributed by atoms with E-state index in [0.717, 1.165) is 18.6 Å². The van der Waals surface area contributed by atoms with Crippen molar-refractivity contribution >= 4 is 5.91 Å². The van der Waals surface area contributed by atoms with Crippen LogP contribution in [0.4, 0.5) is 0 Å². The molecule has 0 aliphatic rings. The van der Waals surface area contributed by atoms with Gasteiger partial charge in [0, 0.05) is 7.05 Å². The van der Waals surface area contributed by atoms with Crippen LogP contribution in [0.5, 0.6) is 0 Å². The first-order valence-corrected chi connectivity index (χ1v) is 5.18. The van der Waals surface area contributed by atoms with Gasteiger partial charge >= 0.3 is 0 Å². The third kappa shape index (κ3) is 3.40. The lowest BCUT2D eigenvalue weighted by atomic mass is 10.1. The van der Waals surface area contributed by atoms with Gasteiger partial charge in [0.15, 0.2) is 0 Å². The van der Waals surface area contributed by atoms with Crippen molar-refractivity contribution in [2.45, 2.75) is 32.4 Å². The lowest BCUT2D eigenvalue weighted by Gasteiger charge is -2.19.